The highest BCUT2D eigenvalue weighted by Gasteiger charge is 2.30. The Balaban J connectivity index is 1.06. The summed E-state index contributed by atoms with van der Waals surface area (Å²) in [6.07, 6.45) is -5.01. The molecule has 0 radical (unpaired) electrons. The van der Waals surface area contributed by atoms with Gasteiger partial charge >= 0.3 is 6.18 Å². The Morgan fingerprint density at radius 1 is 1.05 bits per heavy atom. The van der Waals surface area contributed by atoms with E-state index in [1.807, 2.05) is 25.1 Å². The van der Waals surface area contributed by atoms with Gasteiger partial charge in [0.05, 0.1) is 27.3 Å². The molecular weight excluding hydrogens is 507 g/mol. The van der Waals surface area contributed by atoms with E-state index in [0.29, 0.717) is 30.2 Å². The van der Waals surface area contributed by atoms with Crippen molar-refractivity contribution in [1.29, 1.82) is 0 Å². The fourth-order valence-electron chi connectivity index (χ4n) is 4.22. The van der Waals surface area contributed by atoms with Crippen molar-refractivity contribution < 1.29 is 27.5 Å². The number of aliphatic hydroxyl groups is 1. The summed E-state index contributed by atoms with van der Waals surface area (Å²) in [5.41, 5.74) is 0.617. The molecule has 3 heterocycles. The molecule has 5 rings (SSSR count). The molecule has 2 aromatic carbocycles. The van der Waals surface area contributed by atoms with Crippen LogP contribution in [0.1, 0.15) is 16.4 Å². The summed E-state index contributed by atoms with van der Waals surface area (Å²) >= 11 is 1.64. The Kier molecular flexibility index (Phi) is 7.43. The molecule has 1 aliphatic heterocycles. The molecule has 1 N–H and O–H groups in total. The van der Waals surface area contributed by atoms with E-state index >= 15 is 0 Å². The Hall–Kier alpha value is -3.06. The highest BCUT2D eigenvalue weighted by atomic mass is 32.1. The number of benzene rings is 2. The minimum atomic E-state index is -4.39. The van der Waals surface area contributed by atoms with E-state index in [1.165, 1.54) is 12.1 Å². The second-order valence-electron chi connectivity index (χ2n) is 8.99. The SMILES string of the molecule is Cc1nc2cc(OC[C@@H](O)CN3CCN(Cc4noc(-c5ccc(C(F)(F)F)cc5)n4)CC3)ccc2s1. The van der Waals surface area contributed by atoms with Crippen LogP contribution in [0.2, 0.25) is 0 Å². The summed E-state index contributed by atoms with van der Waals surface area (Å²) in [5.74, 6) is 1.36. The Morgan fingerprint density at radius 3 is 2.51 bits per heavy atom. The number of ether oxygens (including phenoxy) is 1. The molecule has 2 aromatic heterocycles. The number of aryl methyl sites for hydroxylation is 1. The third-order valence-corrected chi connectivity index (χ3v) is 7.09. The number of thiazole rings is 1. The molecule has 37 heavy (non-hydrogen) atoms. The molecule has 12 heteroatoms. The molecule has 0 unspecified atom stereocenters. The number of nitrogens with zero attached hydrogens (tertiary/aromatic N) is 5. The fraction of sp³-hybridized carbons (Fsp3) is 0.400. The van der Waals surface area contributed by atoms with Gasteiger partial charge in [-0.3, -0.25) is 9.80 Å². The van der Waals surface area contributed by atoms with E-state index in [1.54, 1.807) is 11.3 Å². The fourth-order valence-corrected chi connectivity index (χ4v) is 5.03. The van der Waals surface area contributed by atoms with Crippen LogP contribution >= 0.6 is 11.3 Å². The highest BCUT2D eigenvalue weighted by molar-refractivity contribution is 7.18. The van der Waals surface area contributed by atoms with E-state index in [4.69, 9.17) is 9.26 Å². The minimum Gasteiger partial charge on any atom is -0.491 e. The molecule has 0 saturated carbocycles. The van der Waals surface area contributed by atoms with Crippen LogP contribution in [0.4, 0.5) is 13.2 Å². The van der Waals surface area contributed by atoms with E-state index < -0.39 is 17.8 Å². The summed E-state index contributed by atoms with van der Waals surface area (Å²) in [6, 6.07) is 10.4. The molecular formula is C25H26F3N5O3S. The second kappa shape index (κ2) is 10.7. The number of piperazine rings is 1. The summed E-state index contributed by atoms with van der Waals surface area (Å²) in [7, 11) is 0. The van der Waals surface area contributed by atoms with Crippen molar-refractivity contribution in [2.75, 3.05) is 39.3 Å². The van der Waals surface area contributed by atoms with Gasteiger partial charge in [-0.2, -0.15) is 18.2 Å². The first-order valence-corrected chi connectivity index (χ1v) is 12.7. The maximum Gasteiger partial charge on any atom is 0.416 e. The number of hydrogen-bond acceptors (Lipinski definition) is 9. The summed E-state index contributed by atoms with van der Waals surface area (Å²) < 4.78 is 50.4. The molecule has 0 aliphatic carbocycles. The average molecular weight is 534 g/mol. The van der Waals surface area contributed by atoms with Crippen LogP contribution in [0.15, 0.2) is 47.0 Å². The van der Waals surface area contributed by atoms with Crippen molar-refractivity contribution in [2.24, 2.45) is 0 Å². The van der Waals surface area contributed by atoms with Gasteiger partial charge in [-0.05, 0) is 43.3 Å². The zero-order valence-corrected chi connectivity index (χ0v) is 20.9. The molecule has 1 saturated heterocycles. The predicted molar refractivity (Wildman–Crippen MR) is 132 cm³/mol. The lowest BCUT2D eigenvalue weighted by Crippen LogP contribution is -2.48. The van der Waals surface area contributed by atoms with Crippen LogP contribution in [0.3, 0.4) is 0 Å². The molecule has 1 fully saturated rings. The van der Waals surface area contributed by atoms with Crippen LogP contribution in [0.5, 0.6) is 5.75 Å². The largest absolute Gasteiger partial charge is 0.491 e. The Labute approximate surface area is 215 Å². The first kappa shape index (κ1) is 25.6. The normalized spacial score (nSPS) is 16.4. The molecule has 0 bridgehead atoms. The lowest BCUT2D eigenvalue weighted by atomic mass is 10.1. The van der Waals surface area contributed by atoms with Gasteiger partial charge in [-0.15, -0.1) is 11.3 Å². The molecule has 1 aliphatic rings. The van der Waals surface area contributed by atoms with Crippen molar-refractivity contribution in [3.63, 3.8) is 0 Å². The third kappa shape index (κ3) is 6.45. The van der Waals surface area contributed by atoms with E-state index in [9.17, 15) is 18.3 Å². The predicted octanol–water partition coefficient (Wildman–Crippen LogP) is 4.23. The lowest BCUT2D eigenvalue weighted by Gasteiger charge is -2.34. The number of aliphatic hydroxyl groups excluding tert-OH is 1. The van der Waals surface area contributed by atoms with Crippen LogP contribution in [-0.4, -0.2) is 75.5 Å². The number of aromatic nitrogens is 3. The smallest absolute Gasteiger partial charge is 0.416 e. The third-order valence-electron chi connectivity index (χ3n) is 6.13. The van der Waals surface area contributed by atoms with Gasteiger partial charge in [-0.1, -0.05) is 5.16 Å². The van der Waals surface area contributed by atoms with Crippen LogP contribution < -0.4 is 4.74 Å². The van der Waals surface area contributed by atoms with Gasteiger partial charge in [0.15, 0.2) is 5.82 Å². The van der Waals surface area contributed by atoms with Crippen molar-refractivity contribution >= 4 is 21.6 Å². The van der Waals surface area contributed by atoms with Gasteiger partial charge in [0.1, 0.15) is 18.5 Å². The molecule has 8 nitrogen and oxygen atoms in total. The molecule has 1 atom stereocenters. The zero-order chi connectivity index (χ0) is 26.0. The monoisotopic (exact) mass is 533 g/mol. The van der Waals surface area contributed by atoms with E-state index in [0.717, 1.165) is 53.5 Å². The van der Waals surface area contributed by atoms with Crippen LogP contribution in [0, 0.1) is 6.92 Å². The first-order valence-electron chi connectivity index (χ1n) is 11.9. The number of β-amino-alcohol motifs (C(OH)–C–C–N with tert-alkyl or cyclic N) is 1. The van der Waals surface area contributed by atoms with E-state index in [2.05, 4.69) is 24.9 Å². The number of alkyl halides is 3. The van der Waals surface area contributed by atoms with Crippen LogP contribution in [-0.2, 0) is 12.7 Å². The van der Waals surface area contributed by atoms with Gasteiger partial charge in [0.25, 0.3) is 5.89 Å². The Bertz CT molecular complexity index is 1330. The molecule has 0 spiro atoms. The highest BCUT2D eigenvalue weighted by Crippen LogP contribution is 2.30. The van der Waals surface area contributed by atoms with Crippen molar-refractivity contribution in [3.8, 4) is 17.2 Å². The Morgan fingerprint density at radius 2 is 1.78 bits per heavy atom. The van der Waals surface area contributed by atoms with Crippen molar-refractivity contribution in [1.82, 2.24) is 24.9 Å². The summed E-state index contributed by atoms with van der Waals surface area (Å²) in [4.78, 5) is 13.2. The second-order valence-corrected chi connectivity index (χ2v) is 10.2. The topological polar surface area (TPSA) is 87.8 Å². The number of halogens is 3. The van der Waals surface area contributed by atoms with Crippen molar-refractivity contribution in [2.45, 2.75) is 25.7 Å². The number of hydrogen-bond donors (Lipinski definition) is 1. The molecule has 196 valence electrons. The average Bonchev–Trinajstić information content (AvgIpc) is 3.49. The van der Waals surface area contributed by atoms with Gasteiger partial charge in [0, 0.05) is 44.4 Å². The molecule has 4 aromatic rings. The molecule has 0 amide bonds. The maximum absolute atomic E-state index is 12.8. The van der Waals surface area contributed by atoms with Gasteiger partial charge in [0.2, 0.25) is 0 Å². The minimum absolute atomic E-state index is 0.189. The summed E-state index contributed by atoms with van der Waals surface area (Å²) in [5, 5.41) is 15.4. The summed E-state index contributed by atoms with van der Waals surface area (Å²) in [6.45, 7) is 6.21. The van der Waals surface area contributed by atoms with Crippen LogP contribution in [0.25, 0.3) is 21.7 Å². The lowest BCUT2D eigenvalue weighted by molar-refractivity contribution is -0.137. The standard InChI is InChI=1S/C25H26F3N5O3S/c1-16-29-21-12-20(6-7-22(21)37-16)35-15-19(34)13-32-8-10-33(11-9-32)14-23-30-24(36-31-23)17-2-4-18(5-3-17)25(26,27)28/h2-7,12,19,34H,8-11,13-15H2,1H3/t19-/m0/s1. The zero-order valence-electron chi connectivity index (χ0n) is 20.1. The van der Waals surface area contributed by atoms with Gasteiger partial charge in [-0.25, -0.2) is 4.98 Å². The number of fused-ring (bicyclic) bond motifs is 1. The first-order chi connectivity index (χ1) is 17.7. The van der Waals surface area contributed by atoms with Crippen molar-refractivity contribution in [3.05, 3.63) is 58.9 Å². The van der Waals surface area contributed by atoms with E-state index in [-0.39, 0.29) is 12.5 Å². The van der Waals surface area contributed by atoms with Gasteiger partial charge < -0.3 is 14.4 Å². The number of rotatable bonds is 8. The maximum atomic E-state index is 12.8. The quantitative estimate of drug-likeness (QED) is 0.360.